The van der Waals surface area contributed by atoms with Gasteiger partial charge in [0.2, 0.25) is 17.7 Å². The van der Waals surface area contributed by atoms with Gasteiger partial charge in [0.25, 0.3) is 17.7 Å². The average Bonchev–Trinajstić information content (AvgIpc) is 0.798. The summed E-state index contributed by atoms with van der Waals surface area (Å²) in [5.74, 6) is -5.09. The lowest BCUT2D eigenvalue weighted by molar-refractivity contribution is -0.116. The first kappa shape index (κ1) is 80.3. The SMILES string of the molecule is CCC(C(=O)Nc1cc(O)c(NC(=O)c2ccc(F)cc2)cc1Oc1ccc(C)cc1)S(=O)(=O)c1ccc(C)cc1.CCC(C(=O)Nc1cc(O)c(NC(=O)c2ccccc2)cc1Cl)S(=O)(=O)c1ccc(C)cc1.Cc1cccc(S(=O)(=O)C(C)C(=O)Nc2cc(O)c(NC(=O)c3ccccc3)cc2Cl)c1. The van der Waals surface area contributed by atoms with E-state index in [1.54, 1.807) is 130 Å². The van der Waals surface area contributed by atoms with Gasteiger partial charge in [0, 0.05) is 41.0 Å². The number of hydrogen-bond donors (Lipinski definition) is 9. The number of phenolic OH excluding ortho intramolecular Hbond substituents is 3. The van der Waals surface area contributed by atoms with Gasteiger partial charge in [-0.3, -0.25) is 28.8 Å². The monoisotopic (exact) mass is 1530 g/mol. The van der Waals surface area contributed by atoms with E-state index in [0.29, 0.717) is 16.9 Å². The molecule has 3 atom stereocenters. The smallest absolute Gasteiger partial charge is 0.255 e. The summed E-state index contributed by atoms with van der Waals surface area (Å²) in [6.07, 6.45) is 0.0326. The van der Waals surface area contributed by atoms with E-state index < -0.39 is 92.3 Å². The van der Waals surface area contributed by atoms with Gasteiger partial charge in [-0.2, -0.15) is 0 Å². The molecule has 28 heteroatoms. The van der Waals surface area contributed by atoms with E-state index in [4.69, 9.17) is 27.9 Å². The van der Waals surface area contributed by atoms with Crippen LogP contribution in [0.2, 0.25) is 10.0 Å². The second kappa shape index (κ2) is 35.4. The molecule has 10 aromatic rings. The van der Waals surface area contributed by atoms with Crippen molar-refractivity contribution in [3.63, 3.8) is 0 Å². The van der Waals surface area contributed by atoms with E-state index in [0.717, 1.165) is 52.6 Å². The minimum atomic E-state index is -4.03. The lowest BCUT2D eigenvalue weighted by atomic mass is 10.1. The number of sulfone groups is 3. The van der Waals surface area contributed by atoms with Crippen LogP contribution in [0.5, 0.6) is 28.7 Å². The molecule has 0 bridgehead atoms. The fourth-order valence-corrected chi connectivity index (χ4v) is 15.2. The molecule has 0 heterocycles. The zero-order valence-electron chi connectivity index (χ0n) is 57.9. The number of ether oxygens (including phenoxy) is 1. The summed E-state index contributed by atoms with van der Waals surface area (Å²) in [6.45, 7) is 11.8. The molecule has 0 spiro atoms. The van der Waals surface area contributed by atoms with Crippen LogP contribution in [-0.4, -0.2) is 91.8 Å². The Morgan fingerprint density at radius 1 is 0.387 bits per heavy atom. The topological polar surface area (TPSA) is 347 Å². The summed E-state index contributed by atoms with van der Waals surface area (Å²) in [6, 6.07) is 54.7. The second-order valence-corrected chi connectivity index (χ2v) is 31.4. The van der Waals surface area contributed by atoms with Crippen molar-refractivity contribution in [1.29, 1.82) is 0 Å². The highest BCUT2D eigenvalue weighted by Crippen LogP contribution is 2.41. The number of carbonyl (C=O) groups excluding carboxylic acids is 6. The number of anilines is 6. The Hall–Kier alpha value is -11.4. The molecule has 0 aromatic heterocycles. The van der Waals surface area contributed by atoms with E-state index in [1.165, 1.54) is 73.7 Å². The Kier molecular flexibility index (Phi) is 26.8. The zero-order chi connectivity index (χ0) is 77.4. The number of halogens is 3. The maximum Gasteiger partial charge on any atom is 0.255 e. The Labute approximate surface area is 622 Å². The van der Waals surface area contributed by atoms with Gasteiger partial charge in [0.1, 0.15) is 44.6 Å². The molecule has 0 aliphatic heterocycles. The van der Waals surface area contributed by atoms with Crippen molar-refractivity contribution < 1.29 is 78.5 Å². The van der Waals surface area contributed by atoms with Crippen molar-refractivity contribution in [3.8, 4) is 28.7 Å². The number of aryl methyl sites for hydroxylation is 4. The quantitative estimate of drug-likeness (QED) is 0.0285. The molecular weight excluding hydrogens is 1460 g/mol. The van der Waals surface area contributed by atoms with Crippen LogP contribution in [0.25, 0.3) is 0 Å². The minimum absolute atomic E-state index is 0.00596. The van der Waals surface area contributed by atoms with Crippen molar-refractivity contribution >= 4 is 122 Å². The third-order valence-electron chi connectivity index (χ3n) is 16.1. The molecule has 0 saturated heterocycles. The number of hydrogen-bond acceptors (Lipinski definition) is 16. The number of carbonyl (C=O) groups is 6. The van der Waals surface area contributed by atoms with E-state index in [9.17, 15) is 73.7 Å². The number of amides is 6. The van der Waals surface area contributed by atoms with Gasteiger partial charge in [0.05, 0.1) is 58.9 Å². The molecule has 10 aromatic carbocycles. The molecule has 0 aliphatic carbocycles. The molecular formula is C78H73Cl2FN6O16S3. The summed E-state index contributed by atoms with van der Waals surface area (Å²) >= 11 is 12.4. The van der Waals surface area contributed by atoms with Crippen LogP contribution < -0.4 is 36.6 Å². The molecule has 550 valence electrons. The van der Waals surface area contributed by atoms with Gasteiger partial charge >= 0.3 is 0 Å². The third-order valence-corrected chi connectivity index (χ3v) is 23.3. The molecule has 10 rings (SSSR count). The predicted octanol–water partition coefficient (Wildman–Crippen LogP) is 15.6. The van der Waals surface area contributed by atoms with Crippen LogP contribution in [0.1, 0.15) is 86.9 Å². The van der Waals surface area contributed by atoms with Gasteiger partial charge in [-0.25, -0.2) is 29.6 Å². The van der Waals surface area contributed by atoms with Crippen molar-refractivity contribution in [2.45, 2.75) is 91.7 Å². The standard InChI is InChI=1S/C31H29FN2O6S.C24H23ClN2O5S.C23H21ClN2O5S/c1-4-29(41(38,39)24-15-7-20(3)8-16-24)31(37)34-26-17-27(35)25(33-30(36)21-9-11-22(32)12-10-21)18-28(26)40-23-13-5-19(2)6-14-23;1-3-22(33(31,32)17-11-9-15(2)10-12-17)24(30)26-19-14-21(28)20(13-18(19)25)27-23(29)16-7-5-4-6-8-16;1-14-7-6-10-17(11-14)32(30,31)15(2)22(28)25-19-13-21(27)20(12-18(19)24)26-23(29)16-8-4-3-5-9-16/h5-18,29,35H,4H2,1-3H3,(H,33,36)(H,34,37);4-14,22,28H,3H2,1-2H3,(H,26,30)(H,27,29);3-13,15,27H,1-2H3,(H,25,28)(H,26,29). The largest absolute Gasteiger partial charge is 0.506 e. The van der Waals surface area contributed by atoms with Crippen LogP contribution >= 0.6 is 23.2 Å². The number of aromatic hydroxyl groups is 3. The van der Waals surface area contributed by atoms with Crippen molar-refractivity contribution in [3.05, 3.63) is 273 Å². The van der Waals surface area contributed by atoms with Gasteiger partial charge in [-0.1, -0.05) is 139 Å². The molecule has 3 unspecified atom stereocenters. The molecule has 22 nitrogen and oxygen atoms in total. The molecule has 6 amide bonds. The first-order valence-corrected chi connectivity index (χ1v) is 37.9. The number of phenols is 3. The fourth-order valence-electron chi connectivity index (χ4n) is 10.1. The average molecular weight is 1540 g/mol. The highest BCUT2D eigenvalue weighted by Gasteiger charge is 2.36. The number of benzene rings is 10. The molecule has 9 N–H and O–H groups in total. The summed E-state index contributed by atoms with van der Waals surface area (Å²) in [7, 11) is -11.9. The number of nitrogens with one attached hydrogen (secondary N) is 6. The maximum absolute atomic E-state index is 13.3. The Balaban J connectivity index is 0.000000203. The summed E-state index contributed by atoms with van der Waals surface area (Å²) in [4.78, 5) is 76.3. The van der Waals surface area contributed by atoms with E-state index in [1.807, 2.05) is 32.9 Å². The summed E-state index contributed by atoms with van der Waals surface area (Å²) < 4.78 is 97.4. The summed E-state index contributed by atoms with van der Waals surface area (Å²) in [5, 5.41) is 42.3. The van der Waals surface area contributed by atoms with Crippen LogP contribution in [-0.2, 0) is 43.9 Å². The molecule has 0 saturated carbocycles. The highest BCUT2D eigenvalue weighted by atomic mass is 35.5. The fraction of sp³-hybridized carbons (Fsp3) is 0.154. The normalized spacial score (nSPS) is 12.0. The molecule has 0 fully saturated rings. The third kappa shape index (κ3) is 20.5. The number of rotatable bonds is 22. The molecule has 0 radical (unpaired) electrons. The second-order valence-electron chi connectivity index (χ2n) is 24.1. The van der Waals surface area contributed by atoms with Crippen LogP contribution in [0, 0.1) is 33.5 Å². The minimum Gasteiger partial charge on any atom is -0.506 e. The Morgan fingerprint density at radius 2 is 0.755 bits per heavy atom. The lowest BCUT2D eigenvalue weighted by Crippen LogP contribution is -2.34. The first-order valence-electron chi connectivity index (χ1n) is 32.5. The first-order chi connectivity index (χ1) is 50.2. The predicted molar refractivity (Wildman–Crippen MR) is 407 cm³/mol. The van der Waals surface area contributed by atoms with Crippen LogP contribution in [0.15, 0.2) is 233 Å². The van der Waals surface area contributed by atoms with Crippen LogP contribution in [0.3, 0.4) is 0 Å². The molecule has 0 aliphatic rings. The van der Waals surface area contributed by atoms with Gasteiger partial charge in [0.15, 0.2) is 35.3 Å². The van der Waals surface area contributed by atoms with Crippen molar-refractivity contribution in [1.82, 2.24) is 0 Å². The van der Waals surface area contributed by atoms with Gasteiger partial charge in [-0.05, 0) is 162 Å². The Bertz CT molecular complexity index is 5260. The van der Waals surface area contributed by atoms with E-state index >= 15 is 0 Å². The van der Waals surface area contributed by atoms with E-state index in [2.05, 4.69) is 31.9 Å². The molecule has 106 heavy (non-hydrogen) atoms. The van der Waals surface area contributed by atoms with Crippen molar-refractivity contribution in [2.24, 2.45) is 0 Å². The van der Waals surface area contributed by atoms with E-state index in [-0.39, 0.29) is 94.5 Å². The summed E-state index contributed by atoms with van der Waals surface area (Å²) in [5.41, 5.74) is 4.50. The zero-order valence-corrected chi connectivity index (χ0v) is 61.9. The van der Waals surface area contributed by atoms with Gasteiger partial charge < -0.3 is 52.0 Å². The van der Waals surface area contributed by atoms with Crippen LogP contribution in [0.4, 0.5) is 38.5 Å². The highest BCUT2D eigenvalue weighted by molar-refractivity contribution is 7.93. The maximum atomic E-state index is 13.3. The van der Waals surface area contributed by atoms with Crippen molar-refractivity contribution in [2.75, 3.05) is 31.9 Å². The Morgan fingerprint density at radius 3 is 1.16 bits per heavy atom. The van der Waals surface area contributed by atoms with Gasteiger partial charge in [-0.15, -0.1) is 0 Å². The lowest BCUT2D eigenvalue weighted by Gasteiger charge is -2.19.